The number of para-hydroxylation sites is 2. The SMILES string of the molecule is CCOc1ccccc1NC(=O)[C@H](C)N1CCN(c2ncc(C(F)(F)F)cc2Cl)CC1. The molecular formula is C21H24ClF3N4O2. The standard InChI is InChI=1S/C21H24ClF3N4O2/c1-3-31-18-7-5-4-6-17(18)27-20(30)14(2)28-8-10-29(11-9-28)19-16(22)12-15(13-26-19)21(23,24)25/h4-7,12-14H,3,8-11H2,1-2H3,(H,27,30)/t14-/m0/s1. The zero-order valence-electron chi connectivity index (χ0n) is 17.2. The lowest BCUT2D eigenvalue weighted by Crippen LogP contribution is -2.53. The first-order valence-electron chi connectivity index (χ1n) is 9.95. The van der Waals surface area contributed by atoms with Crippen molar-refractivity contribution < 1.29 is 22.7 Å². The number of hydrogen-bond donors (Lipinski definition) is 1. The van der Waals surface area contributed by atoms with E-state index in [2.05, 4.69) is 10.3 Å². The number of alkyl halides is 3. The molecule has 10 heteroatoms. The van der Waals surface area contributed by atoms with Crippen molar-refractivity contribution >= 4 is 29.0 Å². The van der Waals surface area contributed by atoms with E-state index in [1.54, 1.807) is 12.1 Å². The predicted molar refractivity (Wildman–Crippen MR) is 114 cm³/mol. The van der Waals surface area contributed by atoms with Crippen LogP contribution in [0.1, 0.15) is 19.4 Å². The van der Waals surface area contributed by atoms with Crippen molar-refractivity contribution in [3.63, 3.8) is 0 Å². The van der Waals surface area contributed by atoms with Crippen molar-refractivity contribution in [3.8, 4) is 5.75 Å². The molecule has 1 aliphatic heterocycles. The Morgan fingerprint density at radius 2 is 1.94 bits per heavy atom. The van der Waals surface area contributed by atoms with Crippen LogP contribution < -0.4 is 15.0 Å². The zero-order chi connectivity index (χ0) is 22.6. The van der Waals surface area contributed by atoms with E-state index >= 15 is 0 Å². The van der Waals surface area contributed by atoms with Gasteiger partial charge < -0.3 is 15.0 Å². The molecule has 1 fully saturated rings. The molecule has 1 atom stereocenters. The van der Waals surface area contributed by atoms with Crippen LogP contribution in [0.3, 0.4) is 0 Å². The molecule has 1 saturated heterocycles. The quantitative estimate of drug-likeness (QED) is 0.702. The maximum atomic E-state index is 12.8. The fourth-order valence-corrected chi connectivity index (χ4v) is 3.68. The van der Waals surface area contributed by atoms with Gasteiger partial charge in [-0.15, -0.1) is 0 Å². The van der Waals surface area contributed by atoms with Gasteiger partial charge in [0.15, 0.2) is 0 Å². The Bertz CT molecular complexity index is 918. The summed E-state index contributed by atoms with van der Waals surface area (Å²) in [5.41, 5.74) is -0.266. The van der Waals surface area contributed by atoms with E-state index in [4.69, 9.17) is 16.3 Å². The van der Waals surface area contributed by atoms with Gasteiger partial charge in [0.25, 0.3) is 0 Å². The minimum absolute atomic E-state index is 0.0402. The van der Waals surface area contributed by atoms with Crippen LogP contribution in [-0.4, -0.2) is 54.6 Å². The second-order valence-corrected chi connectivity index (χ2v) is 7.55. The fourth-order valence-electron chi connectivity index (χ4n) is 3.39. The second-order valence-electron chi connectivity index (χ2n) is 7.14. The summed E-state index contributed by atoms with van der Waals surface area (Å²) >= 11 is 6.06. The first-order chi connectivity index (χ1) is 14.7. The number of nitrogens with one attached hydrogen (secondary N) is 1. The Labute approximate surface area is 183 Å². The summed E-state index contributed by atoms with van der Waals surface area (Å²) in [5, 5.41) is 2.87. The number of halogens is 4. The molecule has 2 aromatic rings. The van der Waals surface area contributed by atoms with Crippen LogP contribution in [0.2, 0.25) is 5.02 Å². The zero-order valence-corrected chi connectivity index (χ0v) is 18.0. The highest BCUT2D eigenvalue weighted by atomic mass is 35.5. The number of carbonyl (C=O) groups is 1. The highest BCUT2D eigenvalue weighted by Gasteiger charge is 2.33. The third kappa shape index (κ3) is 5.59. The molecule has 168 valence electrons. The summed E-state index contributed by atoms with van der Waals surface area (Å²) in [4.78, 5) is 20.5. The Morgan fingerprint density at radius 3 is 2.55 bits per heavy atom. The third-order valence-electron chi connectivity index (χ3n) is 5.13. The predicted octanol–water partition coefficient (Wildman–Crippen LogP) is 4.30. The van der Waals surface area contributed by atoms with E-state index in [-0.39, 0.29) is 10.9 Å². The number of pyridine rings is 1. The molecule has 1 aromatic heterocycles. The molecule has 1 amide bonds. The number of amides is 1. The maximum Gasteiger partial charge on any atom is 0.417 e. The van der Waals surface area contributed by atoms with Crippen LogP contribution in [0.5, 0.6) is 5.75 Å². The van der Waals surface area contributed by atoms with Gasteiger partial charge in [-0.05, 0) is 32.0 Å². The number of rotatable bonds is 6. The van der Waals surface area contributed by atoms with Gasteiger partial charge in [-0.25, -0.2) is 4.98 Å². The lowest BCUT2D eigenvalue weighted by Gasteiger charge is -2.38. The number of anilines is 2. The summed E-state index contributed by atoms with van der Waals surface area (Å²) in [6, 6.07) is 7.73. The molecule has 0 saturated carbocycles. The van der Waals surface area contributed by atoms with Crippen molar-refractivity contribution in [2.45, 2.75) is 26.1 Å². The van der Waals surface area contributed by atoms with Crippen LogP contribution in [0, 0.1) is 0 Å². The van der Waals surface area contributed by atoms with Gasteiger partial charge in [-0.3, -0.25) is 9.69 Å². The topological polar surface area (TPSA) is 57.7 Å². The number of nitrogens with zero attached hydrogens (tertiary/aromatic N) is 3. The van der Waals surface area contributed by atoms with Gasteiger partial charge in [0.05, 0.1) is 28.9 Å². The Balaban J connectivity index is 1.60. The molecule has 0 radical (unpaired) electrons. The highest BCUT2D eigenvalue weighted by molar-refractivity contribution is 6.33. The molecule has 1 aliphatic rings. The van der Waals surface area contributed by atoms with Gasteiger partial charge in [0, 0.05) is 32.4 Å². The third-order valence-corrected chi connectivity index (χ3v) is 5.41. The Hall–Kier alpha value is -2.52. The second kappa shape index (κ2) is 9.74. The molecule has 0 bridgehead atoms. The van der Waals surface area contributed by atoms with Crippen LogP contribution in [-0.2, 0) is 11.0 Å². The van der Waals surface area contributed by atoms with Gasteiger partial charge in [-0.2, -0.15) is 13.2 Å². The van der Waals surface area contributed by atoms with E-state index < -0.39 is 17.8 Å². The highest BCUT2D eigenvalue weighted by Crippen LogP contribution is 2.34. The summed E-state index contributed by atoms with van der Waals surface area (Å²) in [6.07, 6.45) is -3.70. The lowest BCUT2D eigenvalue weighted by atomic mass is 10.2. The summed E-state index contributed by atoms with van der Waals surface area (Å²) in [7, 11) is 0. The van der Waals surface area contributed by atoms with Gasteiger partial charge in [-0.1, -0.05) is 23.7 Å². The minimum atomic E-state index is -4.49. The number of aromatic nitrogens is 1. The molecule has 2 heterocycles. The van der Waals surface area contributed by atoms with E-state index in [0.29, 0.717) is 50.0 Å². The molecule has 0 aliphatic carbocycles. The van der Waals surface area contributed by atoms with Crippen LogP contribution in [0.25, 0.3) is 0 Å². The van der Waals surface area contributed by atoms with E-state index in [9.17, 15) is 18.0 Å². The van der Waals surface area contributed by atoms with Crippen LogP contribution in [0.4, 0.5) is 24.7 Å². The molecule has 0 spiro atoms. The van der Waals surface area contributed by atoms with Crippen molar-refractivity contribution in [1.82, 2.24) is 9.88 Å². The summed E-state index contributed by atoms with van der Waals surface area (Å²) in [5.74, 6) is 0.766. The van der Waals surface area contributed by atoms with E-state index in [1.165, 1.54) is 0 Å². The van der Waals surface area contributed by atoms with E-state index in [1.807, 2.05) is 35.8 Å². The Kier molecular flexibility index (Phi) is 7.27. The van der Waals surface area contributed by atoms with Gasteiger partial charge in [0.1, 0.15) is 11.6 Å². The van der Waals surface area contributed by atoms with E-state index in [0.717, 1.165) is 12.3 Å². The largest absolute Gasteiger partial charge is 0.492 e. The Morgan fingerprint density at radius 1 is 1.26 bits per heavy atom. The number of piperazine rings is 1. The molecule has 3 rings (SSSR count). The average molecular weight is 457 g/mol. The molecule has 0 unspecified atom stereocenters. The molecule has 1 aromatic carbocycles. The number of hydrogen-bond acceptors (Lipinski definition) is 5. The van der Waals surface area contributed by atoms with Gasteiger partial charge in [0.2, 0.25) is 5.91 Å². The molecular weight excluding hydrogens is 433 g/mol. The summed E-state index contributed by atoms with van der Waals surface area (Å²) in [6.45, 7) is 6.25. The van der Waals surface area contributed by atoms with Crippen molar-refractivity contribution in [1.29, 1.82) is 0 Å². The lowest BCUT2D eigenvalue weighted by molar-refractivity contribution is -0.137. The van der Waals surface area contributed by atoms with Crippen molar-refractivity contribution in [2.24, 2.45) is 0 Å². The van der Waals surface area contributed by atoms with Crippen molar-refractivity contribution in [3.05, 3.63) is 47.1 Å². The smallest absolute Gasteiger partial charge is 0.417 e. The van der Waals surface area contributed by atoms with Crippen molar-refractivity contribution in [2.75, 3.05) is 43.0 Å². The molecule has 31 heavy (non-hydrogen) atoms. The first-order valence-corrected chi connectivity index (χ1v) is 10.3. The summed E-state index contributed by atoms with van der Waals surface area (Å²) < 4.78 is 44.0. The van der Waals surface area contributed by atoms with Crippen LogP contribution >= 0.6 is 11.6 Å². The molecule has 1 N–H and O–H groups in total. The maximum absolute atomic E-state index is 12.8. The van der Waals surface area contributed by atoms with Gasteiger partial charge >= 0.3 is 6.18 Å². The van der Waals surface area contributed by atoms with Crippen LogP contribution in [0.15, 0.2) is 36.5 Å². The number of benzene rings is 1. The normalized spacial score (nSPS) is 16.1. The average Bonchev–Trinajstić information content (AvgIpc) is 2.74. The monoisotopic (exact) mass is 456 g/mol. The molecule has 6 nitrogen and oxygen atoms in total. The minimum Gasteiger partial charge on any atom is -0.492 e. The first kappa shape index (κ1) is 23.1. The fraction of sp³-hybridized carbons (Fsp3) is 0.429. The number of ether oxygens (including phenoxy) is 1. The number of carbonyl (C=O) groups excluding carboxylic acids is 1.